The van der Waals surface area contributed by atoms with Gasteiger partial charge in [-0.1, -0.05) is 73.2 Å². The van der Waals surface area contributed by atoms with Gasteiger partial charge < -0.3 is 9.80 Å². The first kappa shape index (κ1) is 42.8. The Morgan fingerprint density at radius 1 is 0.562 bits per heavy atom. The molecule has 328 valence electrons. The maximum Gasteiger partial charge on any atom is 0.416 e. The zero-order valence-electron chi connectivity index (χ0n) is 34.6. The second kappa shape index (κ2) is 18.0. The molecule has 0 N–H and O–H groups in total. The van der Waals surface area contributed by atoms with E-state index >= 15 is 0 Å². The van der Waals surface area contributed by atoms with E-state index in [0.29, 0.717) is 61.5 Å². The van der Waals surface area contributed by atoms with Gasteiger partial charge in [0.2, 0.25) is 23.5 Å². The fourth-order valence-corrected chi connectivity index (χ4v) is 8.97. The molecule has 0 aliphatic carbocycles. The molecule has 2 aliphatic heterocycles. The predicted molar refractivity (Wildman–Crippen MR) is 242 cm³/mol. The van der Waals surface area contributed by atoms with Crippen molar-refractivity contribution in [3.05, 3.63) is 138 Å². The molecule has 0 bridgehead atoms. The minimum Gasteiger partial charge on any atom is -0.341 e. The zero-order valence-corrected chi connectivity index (χ0v) is 36.1. The average Bonchev–Trinajstić information content (AvgIpc) is 3.70. The van der Waals surface area contributed by atoms with Crippen LogP contribution in [-0.2, 0) is 19.3 Å². The highest BCUT2D eigenvalue weighted by Gasteiger charge is 2.30. The van der Waals surface area contributed by atoms with Crippen molar-refractivity contribution in [2.75, 3.05) is 36.0 Å². The summed E-state index contributed by atoms with van der Waals surface area (Å²) in [4.78, 5) is 31.3. The third kappa shape index (κ3) is 8.49. The van der Waals surface area contributed by atoms with Crippen LogP contribution in [0.4, 0.5) is 25.1 Å². The van der Waals surface area contributed by atoms with Crippen LogP contribution in [0.15, 0.2) is 94.5 Å². The number of aromatic nitrogens is 8. The topological polar surface area (TPSA) is 135 Å². The number of alkyl halides is 3. The van der Waals surface area contributed by atoms with E-state index < -0.39 is 11.7 Å². The zero-order chi connectivity index (χ0) is 44.5. The first-order chi connectivity index (χ1) is 31.0. The summed E-state index contributed by atoms with van der Waals surface area (Å²) in [5, 5.41) is 28.6. The number of hydrogen-bond acceptors (Lipinski definition) is 9. The highest BCUT2D eigenvalue weighted by Crippen LogP contribution is 2.30. The highest BCUT2D eigenvalue weighted by molar-refractivity contribution is 6.31. The van der Waals surface area contributed by atoms with Crippen molar-refractivity contribution in [1.29, 1.82) is 5.26 Å². The molecule has 8 aromatic rings. The van der Waals surface area contributed by atoms with Gasteiger partial charge in [0.1, 0.15) is 0 Å². The summed E-state index contributed by atoms with van der Waals surface area (Å²) in [5.41, 5.74) is 2.21. The van der Waals surface area contributed by atoms with Gasteiger partial charge in [0.25, 0.3) is 11.1 Å². The summed E-state index contributed by atoms with van der Waals surface area (Å²) in [6.07, 6.45) is 4.64. The molecule has 4 aromatic heterocycles. The molecule has 0 atom stereocenters. The summed E-state index contributed by atoms with van der Waals surface area (Å²) >= 11 is 12.4. The maximum atomic E-state index is 13.4. The monoisotopic (exact) mass is 907 g/mol. The molecular formula is C46H42Cl2F3N11O2. The maximum absolute atomic E-state index is 13.4. The van der Waals surface area contributed by atoms with Crippen LogP contribution in [0.3, 0.4) is 0 Å². The number of rotatable bonds is 6. The minimum atomic E-state index is -4.42. The minimum absolute atomic E-state index is 0.0566. The number of hydrogen-bond donors (Lipinski definition) is 0. The van der Waals surface area contributed by atoms with Crippen LogP contribution in [0.1, 0.15) is 73.6 Å². The van der Waals surface area contributed by atoms with Crippen LogP contribution < -0.4 is 20.9 Å². The van der Waals surface area contributed by atoms with Crippen LogP contribution in [0.5, 0.6) is 0 Å². The molecule has 2 aliphatic rings. The van der Waals surface area contributed by atoms with Gasteiger partial charge in [0, 0.05) is 36.2 Å². The van der Waals surface area contributed by atoms with Crippen LogP contribution in [0.25, 0.3) is 33.4 Å². The Morgan fingerprint density at radius 3 is 1.36 bits per heavy atom. The van der Waals surface area contributed by atoms with Gasteiger partial charge >= 0.3 is 6.18 Å². The van der Waals surface area contributed by atoms with Gasteiger partial charge in [-0.25, -0.2) is 8.80 Å². The van der Waals surface area contributed by atoms with Crippen molar-refractivity contribution in [2.24, 2.45) is 0 Å². The van der Waals surface area contributed by atoms with Crippen LogP contribution in [0.2, 0.25) is 10.0 Å². The van der Waals surface area contributed by atoms with E-state index in [-0.39, 0.29) is 17.7 Å². The lowest BCUT2D eigenvalue weighted by atomic mass is 10.1. The van der Waals surface area contributed by atoms with E-state index in [1.165, 1.54) is 29.5 Å². The second-order valence-corrected chi connectivity index (χ2v) is 17.1. The average molecular weight is 909 g/mol. The number of fused-ring (bicyclic) bond motifs is 6. The molecule has 4 aromatic carbocycles. The summed E-state index contributed by atoms with van der Waals surface area (Å²) < 4.78 is 45.7. The normalized spacial score (nSPS) is 15.0. The number of nitrogens with zero attached hydrogens (tertiary/aromatic N) is 11. The van der Waals surface area contributed by atoms with E-state index in [0.717, 1.165) is 93.9 Å². The molecule has 2 saturated heterocycles. The Bertz CT molecular complexity index is 3160. The summed E-state index contributed by atoms with van der Waals surface area (Å²) in [7, 11) is 0. The smallest absolute Gasteiger partial charge is 0.341 e. The fraction of sp³-hybridized carbons (Fsp3) is 0.326. The molecule has 13 nitrogen and oxygen atoms in total. The Kier molecular flexibility index (Phi) is 12.0. The van der Waals surface area contributed by atoms with E-state index in [1.807, 2.05) is 27.0 Å². The lowest BCUT2D eigenvalue weighted by molar-refractivity contribution is -0.137. The van der Waals surface area contributed by atoms with Crippen LogP contribution >= 0.6 is 23.2 Å². The Morgan fingerprint density at radius 2 is 0.969 bits per heavy atom. The Balaban J connectivity index is 0.000000162. The molecule has 64 heavy (non-hydrogen) atoms. The SMILES string of the molecule is N#Cc1ccc(Cn2c(=O)c3cc(Cl)ccc3n3c(N4CCCCCC4)nnc23)cc1.O=c1c2cc(Cl)ccc2n2c(N3CCCCCC3)nnc2n1Cc1ccc(C(F)(F)F)cc1. The van der Waals surface area contributed by atoms with Crippen molar-refractivity contribution >= 4 is 68.5 Å². The third-order valence-corrected chi connectivity index (χ3v) is 12.4. The second-order valence-electron chi connectivity index (χ2n) is 16.2. The number of nitriles is 1. The van der Waals surface area contributed by atoms with Gasteiger partial charge in [-0.05, 0) is 97.5 Å². The van der Waals surface area contributed by atoms with Crippen LogP contribution in [-0.4, -0.2) is 64.5 Å². The van der Waals surface area contributed by atoms with E-state index in [2.05, 4.69) is 36.3 Å². The molecule has 0 amide bonds. The van der Waals surface area contributed by atoms with Crippen molar-refractivity contribution in [3.63, 3.8) is 0 Å². The molecule has 10 rings (SSSR count). The predicted octanol–water partition coefficient (Wildman–Crippen LogP) is 9.14. The molecule has 2 fully saturated rings. The standard InChI is InChI=1S/C23H21ClF3N5O.C23H21ClN6O/c24-17-9-10-19-18(13-17)20(33)31(14-15-5-7-16(8-6-15)23(25,26)27)22-29-28-21(32(19)22)30-11-3-1-2-4-12-30;24-18-9-10-20-19(13-18)21(31)29(15-17-7-5-16(14-25)6-8-17)23-27-26-22(30(20)23)28-11-3-1-2-4-12-28/h5-10,13H,1-4,11-12,14H2;5-10,13H,1-4,11-12,15H2. The van der Waals surface area contributed by atoms with Gasteiger partial charge in [-0.3, -0.25) is 18.7 Å². The summed E-state index contributed by atoms with van der Waals surface area (Å²) in [6.45, 7) is 3.91. The van der Waals surface area contributed by atoms with Gasteiger partial charge in [0.15, 0.2) is 0 Å². The third-order valence-electron chi connectivity index (χ3n) is 11.9. The van der Waals surface area contributed by atoms with Crippen molar-refractivity contribution in [2.45, 2.75) is 70.6 Å². The largest absolute Gasteiger partial charge is 0.416 e. The summed E-state index contributed by atoms with van der Waals surface area (Å²) in [6, 6.07) is 24.6. The fourth-order valence-electron chi connectivity index (χ4n) is 8.62. The number of anilines is 2. The van der Waals surface area contributed by atoms with Gasteiger partial charge in [-0.15, -0.1) is 20.4 Å². The van der Waals surface area contributed by atoms with Crippen molar-refractivity contribution in [3.8, 4) is 6.07 Å². The lowest BCUT2D eigenvalue weighted by Crippen LogP contribution is -2.28. The molecule has 0 spiro atoms. The Hall–Kier alpha value is -6.44. The van der Waals surface area contributed by atoms with Crippen molar-refractivity contribution < 1.29 is 13.2 Å². The summed E-state index contributed by atoms with van der Waals surface area (Å²) in [5.74, 6) is 2.26. The van der Waals surface area contributed by atoms with Gasteiger partial charge in [0.05, 0.1) is 52.1 Å². The molecule has 0 radical (unpaired) electrons. The lowest BCUT2D eigenvalue weighted by Gasteiger charge is -2.21. The highest BCUT2D eigenvalue weighted by atomic mass is 35.5. The van der Waals surface area contributed by atoms with Crippen LogP contribution in [0, 0.1) is 11.3 Å². The van der Waals surface area contributed by atoms with E-state index in [4.69, 9.17) is 28.5 Å². The van der Waals surface area contributed by atoms with Crippen molar-refractivity contribution in [1.82, 2.24) is 38.3 Å². The first-order valence-corrected chi connectivity index (χ1v) is 22.0. The quantitative estimate of drug-likeness (QED) is 0.160. The molecule has 6 heterocycles. The number of halogens is 5. The molecular weight excluding hydrogens is 866 g/mol. The molecule has 18 heteroatoms. The number of benzene rings is 4. The van der Waals surface area contributed by atoms with E-state index in [1.54, 1.807) is 47.0 Å². The Labute approximate surface area is 374 Å². The van der Waals surface area contributed by atoms with Gasteiger partial charge in [-0.2, -0.15) is 18.4 Å². The molecule has 0 saturated carbocycles. The first-order valence-electron chi connectivity index (χ1n) is 21.3. The molecule has 0 unspecified atom stereocenters. The van der Waals surface area contributed by atoms with E-state index in [9.17, 15) is 22.8 Å².